The number of carbonyl (C=O) groups is 4. The SMILES string of the molecule is CC(C)[C@H](NC(=O)CCOCCOCCOCCOCCOCCOCCOCCOCCN=[N+]=[N-])C(=O)N[C@@H](C)C(=O)Nc1ccc(COC(=O)Oc2ccc([N+](=O)[O-])cc2)cc1. The van der Waals surface area contributed by atoms with Gasteiger partial charge in [-0.15, -0.1) is 0 Å². The molecule has 0 spiro atoms. The van der Waals surface area contributed by atoms with E-state index < -0.39 is 35.0 Å². The topological polar surface area (TPSA) is 289 Å². The summed E-state index contributed by atoms with van der Waals surface area (Å²) in [5, 5.41) is 22.2. The maximum absolute atomic E-state index is 13.0. The highest BCUT2D eigenvalue weighted by atomic mass is 16.7. The molecule has 3 N–H and O–H groups in total. The molecule has 0 fully saturated rings. The van der Waals surface area contributed by atoms with Gasteiger partial charge in [-0.05, 0) is 48.2 Å². The van der Waals surface area contributed by atoms with Crippen molar-refractivity contribution in [1.82, 2.24) is 10.6 Å². The van der Waals surface area contributed by atoms with Crippen LogP contribution in [0.5, 0.6) is 5.75 Å². The number of nitrogens with zero attached hydrogens (tertiary/aromatic N) is 4. The first-order chi connectivity index (χ1) is 31.0. The van der Waals surface area contributed by atoms with Crippen LogP contribution in [0.2, 0.25) is 0 Å². The fourth-order valence-corrected chi connectivity index (χ4v) is 4.94. The number of ether oxygens (including phenoxy) is 10. The van der Waals surface area contributed by atoms with Gasteiger partial charge in [0.15, 0.2) is 0 Å². The Morgan fingerprint density at radius 1 is 0.656 bits per heavy atom. The Kier molecular flexibility index (Phi) is 29.8. The Morgan fingerprint density at radius 3 is 1.58 bits per heavy atom. The molecule has 23 heteroatoms. The molecule has 0 aliphatic rings. The van der Waals surface area contributed by atoms with Gasteiger partial charge in [0.2, 0.25) is 17.7 Å². The van der Waals surface area contributed by atoms with Crippen molar-refractivity contribution in [1.29, 1.82) is 0 Å². The minimum absolute atomic E-state index is 0.0208. The van der Waals surface area contributed by atoms with E-state index in [1.807, 2.05) is 0 Å². The highest BCUT2D eigenvalue weighted by Crippen LogP contribution is 2.18. The number of azide groups is 1. The largest absolute Gasteiger partial charge is 0.514 e. The van der Waals surface area contributed by atoms with Crippen molar-refractivity contribution < 1.29 is 71.5 Å². The number of anilines is 1. The first kappa shape index (κ1) is 54.6. The van der Waals surface area contributed by atoms with Gasteiger partial charge in [-0.1, -0.05) is 31.1 Å². The lowest BCUT2D eigenvalue weighted by Gasteiger charge is -2.24. The third-order valence-corrected chi connectivity index (χ3v) is 8.32. The smallest absolute Gasteiger partial charge is 0.429 e. The fourth-order valence-electron chi connectivity index (χ4n) is 4.94. The van der Waals surface area contributed by atoms with E-state index in [9.17, 15) is 29.3 Å². The van der Waals surface area contributed by atoms with Gasteiger partial charge < -0.3 is 63.3 Å². The molecule has 2 atom stereocenters. The second kappa shape index (κ2) is 34.9. The Balaban J connectivity index is 1.45. The van der Waals surface area contributed by atoms with Crippen LogP contribution in [0.4, 0.5) is 16.2 Å². The second-order valence-electron chi connectivity index (χ2n) is 13.7. The van der Waals surface area contributed by atoms with Crippen molar-refractivity contribution in [3.63, 3.8) is 0 Å². The molecule has 0 bridgehead atoms. The summed E-state index contributed by atoms with van der Waals surface area (Å²) in [5.41, 5.74) is 9.03. The Hall–Kier alpha value is -5.49. The van der Waals surface area contributed by atoms with Crippen LogP contribution in [0, 0.1) is 16.0 Å². The van der Waals surface area contributed by atoms with Gasteiger partial charge >= 0.3 is 6.16 Å². The lowest BCUT2D eigenvalue weighted by atomic mass is 10.0. The average molecular weight is 908 g/mol. The van der Waals surface area contributed by atoms with E-state index in [1.165, 1.54) is 31.2 Å². The monoisotopic (exact) mass is 907 g/mol. The van der Waals surface area contributed by atoms with Crippen LogP contribution in [0.3, 0.4) is 0 Å². The van der Waals surface area contributed by atoms with Crippen LogP contribution in [0.1, 0.15) is 32.8 Å². The quantitative estimate of drug-likeness (QED) is 0.0127. The first-order valence-corrected chi connectivity index (χ1v) is 20.7. The lowest BCUT2D eigenvalue weighted by molar-refractivity contribution is -0.384. The first-order valence-electron chi connectivity index (χ1n) is 20.7. The highest BCUT2D eigenvalue weighted by Gasteiger charge is 2.27. The molecule has 2 aromatic rings. The van der Waals surface area contributed by atoms with Crippen LogP contribution in [-0.2, 0) is 63.6 Å². The summed E-state index contributed by atoms with van der Waals surface area (Å²) in [6, 6.07) is 9.54. The molecule has 0 aromatic heterocycles. The molecule has 64 heavy (non-hydrogen) atoms. The van der Waals surface area contributed by atoms with Gasteiger partial charge in [0.05, 0.1) is 111 Å². The Morgan fingerprint density at radius 2 is 1.12 bits per heavy atom. The molecular weight excluding hydrogens is 846 g/mol. The van der Waals surface area contributed by atoms with Crippen LogP contribution in [0.25, 0.3) is 10.4 Å². The number of nitro benzene ring substituents is 1. The van der Waals surface area contributed by atoms with E-state index in [0.29, 0.717) is 110 Å². The molecule has 0 unspecified atom stereocenters. The number of hydrogen-bond acceptors (Lipinski definition) is 17. The second-order valence-corrected chi connectivity index (χ2v) is 13.7. The van der Waals surface area contributed by atoms with Crippen LogP contribution < -0.4 is 20.7 Å². The standard InChI is InChI=1S/C41H61N7O16/c1-31(2)38(40(51)44-32(3)39(50)45-34-6-4-33(5-7-34)30-63-41(52)64-36-10-8-35(9-11-36)48(53)54)46-37(49)12-14-55-16-18-57-20-22-59-24-26-61-28-29-62-27-25-60-23-21-58-19-17-56-15-13-43-47-42/h4-11,31-32,38H,12-30H2,1-3H3,(H,44,51)(H,45,50)(H,46,49)/t32-,38-/m0/s1. The minimum atomic E-state index is -1.00. The van der Waals surface area contributed by atoms with Gasteiger partial charge in [0, 0.05) is 35.7 Å². The van der Waals surface area contributed by atoms with Crippen molar-refractivity contribution >= 4 is 35.3 Å². The molecule has 0 saturated carbocycles. The molecular formula is C41H61N7O16. The third kappa shape index (κ3) is 26.9. The zero-order valence-corrected chi connectivity index (χ0v) is 36.6. The normalized spacial score (nSPS) is 11.9. The molecule has 0 saturated heterocycles. The summed E-state index contributed by atoms with van der Waals surface area (Å²) in [6.45, 7) is 11.4. The number of benzene rings is 2. The number of amides is 3. The predicted octanol–water partition coefficient (Wildman–Crippen LogP) is 3.73. The summed E-state index contributed by atoms with van der Waals surface area (Å²) in [4.78, 5) is 63.3. The number of nitrogens with one attached hydrogen (secondary N) is 3. The number of non-ortho nitro benzene ring substituents is 1. The minimum Gasteiger partial charge on any atom is -0.429 e. The van der Waals surface area contributed by atoms with E-state index in [-0.39, 0.29) is 49.5 Å². The van der Waals surface area contributed by atoms with E-state index in [2.05, 4.69) is 26.0 Å². The summed E-state index contributed by atoms with van der Waals surface area (Å²) in [5.74, 6) is -1.59. The summed E-state index contributed by atoms with van der Waals surface area (Å²) >= 11 is 0. The Bertz CT molecular complexity index is 1680. The third-order valence-electron chi connectivity index (χ3n) is 8.32. The molecule has 23 nitrogen and oxygen atoms in total. The molecule has 0 heterocycles. The van der Waals surface area contributed by atoms with Crippen LogP contribution in [0.15, 0.2) is 53.6 Å². The molecule has 2 aromatic carbocycles. The number of carbonyl (C=O) groups excluding carboxylic acids is 4. The molecule has 0 aliphatic carbocycles. The maximum Gasteiger partial charge on any atom is 0.514 e. The van der Waals surface area contributed by atoms with E-state index in [0.717, 1.165) is 0 Å². The van der Waals surface area contributed by atoms with Crippen molar-refractivity contribution in [3.8, 4) is 5.75 Å². The van der Waals surface area contributed by atoms with E-state index >= 15 is 0 Å². The van der Waals surface area contributed by atoms with Crippen molar-refractivity contribution in [3.05, 3.63) is 74.7 Å². The van der Waals surface area contributed by atoms with Crippen LogP contribution in [-0.4, -0.2) is 153 Å². The Labute approximate surface area is 371 Å². The predicted molar refractivity (Wildman–Crippen MR) is 229 cm³/mol. The zero-order valence-electron chi connectivity index (χ0n) is 36.6. The van der Waals surface area contributed by atoms with Gasteiger partial charge in [-0.3, -0.25) is 24.5 Å². The molecule has 3 amide bonds. The van der Waals surface area contributed by atoms with Crippen molar-refractivity contribution in [2.45, 2.75) is 45.9 Å². The summed E-state index contributed by atoms with van der Waals surface area (Å²) in [7, 11) is 0. The van der Waals surface area contributed by atoms with E-state index in [4.69, 9.17) is 52.9 Å². The molecule has 0 aliphatic heterocycles. The van der Waals surface area contributed by atoms with E-state index in [1.54, 1.807) is 38.1 Å². The van der Waals surface area contributed by atoms with Gasteiger partial charge in [-0.2, -0.15) is 0 Å². The van der Waals surface area contributed by atoms with Gasteiger partial charge in [-0.25, -0.2) is 4.79 Å². The average Bonchev–Trinajstić information content (AvgIpc) is 3.27. The number of nitro groups is 1. The van der Waals surface area contributed by atoms with Gasteiger partial charge in [0.25, 0.3) is 5.69 Å². The zero-order chi connectivity index (χ0) is 46.6. The summed E-state index contributed by atoms with van der Waals surface area (Å²) in [6.07, 6.45) is -0.980. The summed E-state index contributed by atoms with van der Waals surface area (Å²) < 4.78 is 53.4. The van der Waals surface area contributed by atoms with Gasteiger partial charge in [0.1, 0.15) is 24.4 Å². The van der Waals surface area contributed by atoms with Crippen LogP contribution >= 0.6 is 0 Å². The number of rotatable bonds is 37. The fraction of sp³-hybridized carbons (Fsp3) is 0.610. The molecule has 2 rings (SSSR count). The highest BCUT2D eigenvalue weighted by molar-refractivity contribution is 5.98. The lowest BCUT2D eigenvalue weighted by Crippen LogP contribution is -2.53. The maximum atomic E-state index is 13.0. The van der Waals surface area contributed by atoms with Crippen molar-refractivity contribution in [2.75, 3.05) is 118 Å². The molecule has 356 valence electrons. The van der Waals surface area contributed by atoms with Crippen molar-refractivity contribution in [2.24, 2.45) is 11.0 Å². The molecule has 0 radical (unpaired) electrons. The number of hydrogen-bond donors (Lipinski definition) is 3.